The molecule has 0 bridgehead atoms. The number of aromatic nitrogens is 2. The van der Waals surface area contributed by atoms with Crippen molar-refractivity contribution in [1.82, 2.24) is 9.55 Å². The van der Waals surface area contributed by atoms with E-state index in [0.717, 1.165) is 12.1 Å². The number of benzene rings is 2. The predicted molar refractivity (Wildman–Crippen MR) is 109 cm³/mol. The molecule has 3 aromatic rings. The van der Waals surface area contributed by atoms with E-state index in [1.165, 1.54) is 16.7 Å². The second-order valence-corrected chi connectivity index (χ2v) is 8.23. The van der Waals surface area contributed by atoms with E-state index in [2.05, 4.69) is 73.4 Å². The summed E-state index contributed by atoms with van der Waals surface area (Å²) in [6.07, 6.45) is 7.28. The third-order valence-electron chi connectivity index (χ3n) is 5.12. The molecule has 132 valence electrons. The van der Waals surface area contributed by atoms with Gasteiger partial charge in [-0.05, 0) is 52.3 Å². The monoisotopic (exact) mass is 382 g/mol. The minimum absolute atomic E-state index is 0.0953. The molecule has 4 rings (SSSR count). The first kappa shape index (κ1) is 17.4. The van der Waals surface area contributed by atoms with Crippen LogP contribution in [0.15, 0.2) is 60.8 Å². The molecular weight excluding hydrogens is 363 g/mol. The number of imidazole rings is 1. The van der Waals surface area contributed by atoms with E-state index in [4.69, 9.17) is 23.2 Å². The van der Waals surface area contributed by atoms with Crippen LogP contribution in [0, 0.1) is 5.41 Å². The second kappa shape index (κ2) is 6.61. The number of fused-ring (bicyclic) bond motifs is 1. The van der Waals surface area contributed by atoms with Crippen molar-refractivity contribution in [2.75, 3.05) is 0 Å². The zero-order chi connectivity index (χ0) is 18.3. The Balaban J connectivity index is 1.62. The van der Waals surface area contributed by atoms with Crippen molar-refractivity contribution in [2.24, 2.45) is 5.41 Å². The normalized spacial score (nSPS) is 16.1. The number of halogens is 2. The van der Waals surface area contributed by atoms with Gasteiger partial charge in [-0.2, -0.15) is 0 Å². The van der Waals surface area contributed by atoms with E-state index in [9.17, 15) is 0 Å². The lowest BCUT2D eigenvalue weighted by Gasteiger charge is -2.32. The molecule has 1 heterocycles. The van der Waals surface area contributed by atoms with Crippen molar-refractivity contribution >= 4 is 29.3 Å². The number of rotatable bonds is 4. The standard InChI is InChI=1S/C22H20Cl2N2/c1-22(2,19-11-10-16-7-3-4-9-18(16)19)13-15-6-5-8-17(12-15)26-14-20(23)25-21(26)24/h3-12,14,19H,13H2,1-2H3. The summed E-state index contributed by atoms with van der Waals surface area (Å²) in [5.41, 5.74) is 5.09. The lowest BCUT2D eigenvalue weighted by molar-refractivity contribution is 0.324. The summed E-state index contributed by atoms with van der Waals surface area (Å²) >= 11 is 12.2. The second-order valence-electron chi connectivity index (χ2n) is 7.50. The van der Waals surface area contributed by atoms with Gasteiger partial charge in [0.25, 0.3) is 0 Å². The molecule has 1 aliphatic carbocycles. The van der Waals surface area contributed by atoms with E-state index in [0.29, 0.717) is 16.4 Å². The molecule has 1 atom stereocenters. The molecule has 0 saturated carbocycles. The highest BCUT2D eigenvalue weighted by molar-refractivity contribution is 6.32. The molecule has 2 aromatic carbocycles. The van der Waals surface area contributed by atoms with Gasteiger partial charge in [-0.1, -0.05) is 74.0 Å². The van der Waals surface area contributed by atoms with Gasteiger partial charge >= 0.3 is 0 Å². The van der Waals surface area contributed by atoms with Gasteiger partial charge in [-0.15, -0.1) is 0 Å². The Kier molecular flexibility index (Phi) is 4.42. The highest BCUT2D eigenvalue weighted by atomic mass is 35.5. The van der Waals surface area contributed by atoms with Gasteiger partial charge in [0.2, 0.25) is 5.28 Å². The van der Waals surface area contributed by atoms with Crippen molar-refractivity contribution in [3.63, 3.8) is 0 Å². The third kappa shape index (κ3) is 3.20. The van der Waals surface area contributed by atoms with E-state index >= 15 is 0 Å². The van der Waals surface area contributed by atoms with E-state index in [1.54, 1.807) is 6.20 Å². The Morgan fingerprint density at radius 2 is 1.88 bits per heavy atom. The van der Waals surface area contributed by atoms with Crippen molar-refractivity contribution in [3.05, 3.63) is 87.9 Å². The van der Waals surface area contributed by atoms with Gasteiger partial charge in [0.1, 0.15) is 5.15 Å². The van der Waals surface area contributed by atoms with Gasteiger partial charge in [0, 0.05) is 17.8 Å². The molecule has 4 heteroatoms. The predicted octanol–water partition coefficient (Wildman–Crippen LogP) is 6.56. The quantitative estimate of drug-likeness (QED) is 0.499. The van der Waals surface area contributed by atoms with Gasteiger partial charge in [0.15, 0.2) is 0 Å². The Hall–Kier alpha value is -2.03. The molecule has 2 nitrogen and oxygen atoms in total. The van der Waals surface area contributed by atoms with Crippen molar-refractivity contribution in [1.29, 1.82) is 0 Å². The summed E-state index contributed by atoms with van der Waals surface area (Å²) in [6, 6.07) is 17.1. The molecule has 1 aliphatic rings. The number of allylic oxidation sites excluding steroid dienone is 1. The van der Waals surface area contributed by atoms with E-state index in [1.807, 2.05) is 10.6 Å². The van der Waals surface area contributed by atoms with Crippen LogP contribution in [0.3, 0.4) is 0 Å². The molecule has 0 fully saturated rings. The first-order valence-corrected chi connectivity index (χ1v) is 9.46. The molecule has 26 heavy (non-hydrogen) atoms. The summed E-state index contributed by atoms with van der Waals surface area (Å²) < 4.78 is 1.81. The maximum atomic E-state index is 6.18. The van der Waals surface area contributed by atoms with Gasteiger partial charge < -0.3 is 0 Å². The fourth-order valence-corrected chi connectivity index (χ4v) is 4.35. The maximum Gasteiger partial charge on any atom is 0.208 e. The van der Waals surface area contributed by atoms with Crippen LogP contribution in [0.2, 0.25) is 10.4 Å². The largest absolute Gasteiger partial charge is 0.289 e. The lowest BCUT2D eigenvalue weighted by atomic mass is 9.72. The van der Waals surface area contributed by atoms with Crippen LogP contribution in [0.4, 0.5) is 0 Å². The SMILES string of the molecule is CC(C)(Cc1cccc(-n2cc(Cl)nc2Cl)c1)C1C=Cc2ccccc21. The molecular formula is C22H20Cl2N2. The van der Waals surface area contributed by atoms with Crippen molar-refractivity contribution in [3.8, 4) is 5.69 Å². The minimum Gasteiger partial charge on any atom is -0.289 e. The number of hydrogen-bond acceptors (Lipinski definition) is 1. The number of nitrogens with zero attached hydrogens (tertiary/aromatic N) is 2. The molecule has 0 N–H and O–H groups in total. The summed E-state index contributed by atoms with van der Waals surface area (Å²) in [5.74, 6) is 0.411. The Morgan fingerprint density at radius 1 is 1.08 bits per heavy atom. The van der Waals surface area contributed by atoms with Crippen LogP contribution in [-0.4, -0.2) is 9.55 Å². The van der Waals surface area contributed by atoms with Crippen molar-refractivity contribution in [2.45, 2.75) is 26.2 Å². The Labute approximate surface area is 164 Å². The van der Waals surface area contributed by atoms with Crippen LogP contribution in [0.5, 0.6) is 0 Å². The molecule has 0 aliphatic heterocycles. The Bertz CT molecular complexity index is 985. The van der Waals surface area contributed by atoms with E-state index < -0.39 is 0 Å². The third-order valence-corrected chi connectivity index (χ3v) is 5.57. The summed E-state index contributed by atoms with van der Waals surface area (Å²) in [4.78, 5) is 4.06. The van der Waals surface area contributed by atoms with Gasteiger partial charge in [0.05, 0.1) is 0 Å². The lowest BCUT2D eigenvalue weighted by Crippen LogP contribution is -2.23. The van der Waals surface area contributed by atoms with Gasteiger partial charge in [-0.3, -0.25) is 4.57 Å². The van der Waals surface area contributed by atoms with Gasteiger partial charge in [-0.25, -0.2) is 4.98 Å². The molecule has 0 saturated heterocycles. The summed E-state index contributed by atoms with van der Waals surface area (Å²) in [5, 5.41) is 0.771. The fourth-order valence-electron chi connectivity index (χ4n) is 3.89. The zero-order valence-electron chi connectivity index (χ0n) is 14.8. The van der Waals surface area contributed by atoms with Crippen LogP contribution >= 0.6 is 23.2 Å². The van der Waals surface area contributed by atoms with Crippen molar-refractivity contribution < 1.29 is 0 Å². The molecule has 0 radical (unpaired) electrons. The first-order chi connectivity index (χ1) is 12.4. The highest BCUT2D eigenvalue weighted by Crippen LogP contribution is 2.44. The average molecular weight is 383 g/mol. The molecule has 1 unspecified atom stereocenters. The fraction of sp³-hybridized carbons (Fsp3) is 0.227. The maximum absolute atomic E-state index is 6.18. The summed E-state index contributed by atoms with van der Waals surface area (Å²) in [6.45, 7) is 4.66. The van der Waals surface area contributed by atoms with Crippen LogP contribution in [0.1, 0.15) is 36.5 Å². The minimum atomic E-state index is 0.0953. The first-order valence-electron chi connectivity index (χ1n) is 8.71. The smallest absolute Gasteiger partial charge is 0.208 e. The highest BCUT2D eigenvalue weighted by Gasteiger charge is 2.32. The topological polar surface area (TPSA) is 17.8 Å². The zero-order valence-corrected chi connectivity index (χ0v) is 16.3. The average Bonchev–Trinajstić information content (AvgIpc) is 3.18. The molecule has 1 aromatic heterocycles. The summed E-state index contributed by atoms with van der Waals surface area (Å²) in [7, 11) is 0. The molecule has 0 spiro atoms. The van der Waals surface area contributed by atoms with E-state index in [-0.39, 0.29) is 5.41 Å². The molecule has 0 amide bonds. The van der Waals surface area contributed by atoms with Crippen LogP contribution < -0.4 is 0 Å². The van der Waals surface area contributed by atoms with Crippen LogP contribution in [-0.2, 0) is 6.42 Å². The number of hydrogen-bond donors (Lipinski definition) is 0. The Morgan fingerprint density at radius 3 is 2.65 bits per heavy atom. The van der Waals surface area contributed by atoms with Crippen LogP contribution in [0.25, 0.3) is 11.8 Å².